The molecule has 1 aliphatic carbocycles. The fourth-order valence-electron chi connectivity index (χ4n) is 3.50. The van der Waals surface area contributed by atoms with Gasteiger partial charge in [-0.1, -0.05) is 40.0 Å². The van der Waals surface area contributed by atoms with Crippen LogP contribution in [0.3, 0.4) is 0 Å². The van der Waals surface area contributed by atoms with Crippen molar-refractivity contribution in [3.63, 3.8) is 0 Å². The third-order valence-electron chi connectivity index (χ3n) is 4.92. The molecule has 1 aliphatic rings. The Morgan fingerprint density at radius 3 is 2.53 bits per heavy atom. The fraction of sp³-hybridized carbons (Fsp3) is 1.00. The van der Waals surface area contributed by atoms with E-state index in [0.717, 1.165) is 18.4 Å². The van der Waals surface area contributed by atoms with Gasteiger partial charge in [0.25, 0.3) is 0 Å². The molecule has 0 aromatic rings. The van der Waals surface area contributed by atoms with Gasteiger partial charge in [-0.3, -0.25) is 4.90 Å². The van der Waals surface area contributed by atoms with Gasteiger partial charge in [-0.05, 0) is 44.7 Å². The van der Waals surface area contributed by atoms with Gasteiger partial charge in [-0.25, -0.2) is 0 Å². The summed E-state index contributed by atoms with van der Waals surface area (Å²) in [7, 11) is 2.29. The van der Waals surface area contributed by atoms with Crippen LogP contribution in [0, 0.1) is 11.8 Å². The summed E-state index contributed by atoms with van der Waals surface area (Å²) in [6.07, 6.45) is 7.97. The quantitative estimate of drug-likeness (QED) is 0.722. The fourth-order valence-corrected chi connectivity index (χ4v) is 3.50. The first kappa shape index (κ1) is 15.0. The van der Waals surface area contributed by atoms with Crippen molar-refractivity contribution in [1.29, 1.82) is 0 Å². The van der Waals surface area contributed by atoms with Crippen LogP contribution in [0.4, 0.5) is 0 Å². The summed E-state index contributed by atoms with van der Waals surface area (Å²) in [6.45, 7) is 9.08. The Balaban J connectivity index is 2.64. The Morgan fingerprint density at radius 2 is 1.94 bits per heavy atom. The van der Waals surface area contributed by atoms with E-state index in [4.69, 9.17) is 5.73 Å². The van der Waals surface area contributed by atoms with E-state index in [1.807, 2.05) is 0 Å². The maximum absolute atomic E-state index is 6.15. The summed E-state index contributed by atoms with van der Waals surface area (Å²) in [5, 5.41) is 0. The Labute approximate surface area is 108 Å². The van der Waals surface area contributed by atoms with E-state index in [-0.39, 0.29) is 5.54 Å². The molecule has 1 saturated carbocycles. The van der Waals surface area contributed by atoms with Crippen molar-refractivity contribution in [3.8, 4) is 0 Å². The van der Waals surface area contributed by atoms with Crippen molar-refractivity contribution in [2.45, 2.75) is 64.8 Å². The second-order valence-corrected chi connectivity index (χ2v) is 6.22. The van der Waals surface area contributed by atoms with Gasteiger partial charge >= 0.3 is 0 Å². The molecule has 0 heterocycles. The Hall–Kier alpha value is -0.0800. The van der Waals surface area contributed by atoms with Crippen molar-refractivity contribution in [1.82, 2.24) is 4.90 Å². The number of hydrogen-bond acceptors (Lipinski definition) is 2. The largest absolute Gasteiger partial charge is 0.329 e. The van der Waals surface area contributed by atoms with Crippen molar-refractivity contribution >= 4 is 0 Å². The summed E-state index contributed by atoms with van der Waals surface area (Å²) >= 11 is 0. The van der Waals surface area contributed by atoms with Crippen LogP contribution in [0.25, 0.3) is 0 Å². The molecule has 0 amide bonds. The minimum Gasteiger partial charge on any atom is -0.329 e. The SMILES string of the molecule is CCCCCN(C)C1(CN)CC(C)CCC1C. The highest BCUT2D eigenvalue weighted by atomic mass is 15.2. The van der Waals surface area contributed by atoms with Gasteiger partial charge < -0.3 is 5.73 Å². The van der Waals surface area contributed by atoms with Crippen LogP contribution < -0.4 is 5.73 Å². The highest BCUT2D eigenvalue weighted by Gasteiger charge is 2.42. The van der Waals surface area contributed by atoms with Gasteiger partial charge in [0, 0.05) is 12.1 Å². The number of likely N-dealkylation sites (N-methyl/N-ethyl adjacent to an activating group) is 1. The van der Waals surface area contributed by atoms with Crippen LogP contribution in [-0.4, -0.2) is 30.6 Å². The average Bonchev–Trinajstić information content (AvgIpc) is 2.32. The molecule has 1 rings (SSSR count). The van der Waals surface area contributed by atoms with Crippen molar-refractivity contribution in [3.05, 3.63) is 0 Å². The Morgan fingerprint density at radius 1 is 1.24 bits per heavy atom. The molecule has 0 aliphatic heterocycles. The lowest BCUT2D eigenvalue weighted by atomic mass is 9.68. The van der Waals surface area contributed by atoms with Gasteiger partial charge in [-0.15, -0.1) is 0 Å². The van der Waals surface area contributed by atoms with E-state index in [9.17, 15) is 0 Å². The van der Waals surface area contributed by atoms with E-state index < -0.39 is 0 Å². The van der Waals surface area contributed by atoms with Crippen LogP contribution in [0.5, 0.6) is 0 Å². The highest BCUT2D eigenvalue weighted by molar-refractivity contribution is 4.98. The molecule has 0 aromatic heterocycles. The molecule has 3 atom stereocenters. The maximum atomic E-state index is 6.15. The van der Waals surface area contributed by atoms with Gasteiger partial charge in [-0.2, -0.15) is 0 Å². The summed E-state index contributed by atoms with van der Waals surface area (Å²) in [5.74, 6) is 1.58. The van der Waals surface area contributed by atoms with Crippen LogP contribution >= 0.6 is 0 Å². The second-order valence-electron chi connectivity index (χ2n) is 6.22. The lowest BCUT2D eigenvalue weighted by Gasteiger charge is -2.50. The molecule has 0 radical (unpaired) electrons. The molecule has 2 N–H and O–H groups in total. The third kappa shape index (κ3) is 3.45. The predicted molar refractivity (Wildman–Crippen MR) is 76.1 cm³/mol. The Kier molecular flexibility index (Phi) is 5.94. The van der Waals surface area contributed by atoms with Crippen LogP contribution in [0.2, 0.25) is 0 Å². The predicted octanol–water partition coefficient (Wildman–Crippen LogP) is 3.26. The highest BCUT2D eigenvalue weighted by Crippen LogP contribution is 2.39. The summed E-state index contributed by atoms with van der Waals surface area (Å²) < 4.78 is 0. The second kappa shape index (κ2) is 6.75. The first-order chi connectivity index (χ1) is 8.06. The number of nitrogens with two attached hydrogens (primary N) is 1. The molecule has 17 heavy (non-hydrogen) atoms. The average molecular weight is 240 g/mol. The van der Waals surface area contributed by atoms with Gasteiger partial charge in [0.15, 0.2) is 0 Å². The molecule has 3 unspecified atom stereocenters. The van der Waals surface area contributed by atoms with Crippen LogP contribution in [-0.2, 0) is 0 Å². The lowest BCUT2D eigenvalue weighted by Crippen LogP contribution is -2.59. The van der Waals surface area contributed by atoms with Crippen molar-refractivity contribution < 1.29 is 0 Å². The zero-order valence-corrected chi connectivity index (χ0v) is 12.3. The smallest absolute Gasteiger partial charge is 0.0356 e. The zero-order valence-electron chi connectivity index (χ0n) is 12.3. The molecular formula is C15H32N2. The van der Waals surface area contributed by atoms with E-state index in [0.29, 0.717) is 0 Å². The maximum Gasteiger partial charge on any atom is 0.0356 e. The topological polar surface area (TPSA) is 29.3 Å². The van der Waals surface area contributed by atoms with E-state index in [1.54, 1.807) is 0 Å². The molecule has 2 nitrogen and oxygen atoms in total. The molecule has 0 aromatic carbocycles. The minimum atomic E-state index is 0.269. The van der Waals surface area contributed by atoms with E-state index >= 15 is 0 Å². The van der Waals surface area contributed by atoms with Gasteiger partial charge in [0.1, 0.15) is 0 Å². The van der Waals surface area contributed by atoms with Crippen LogP contribution in [0.15, 0.2) is 0 Å². The Bertz CT molecular complexity index is 217. The number of hydrogen-bond donors (Lipinski definition) is 1. The van der Waals surface area contributed by atoms with Crippen LogP contribution in [0.1, 0.15) is 59.3 Å². The molecule has 2 heteroatoms. The first-order valence-electron chi connectivity index (χ1n) is 7.48. The first-order valence-corrected chi connectivity index (χ1v) is 7.48. The summed E-state index contributed by atoms with van der Waals surface area (Å²) in [4.78, 5) is 2.57. The molecule has 0 saturated heterocycles. The van der Waals surface area contributed by atoms with Crippen molar-refractivity contribution in [2.24, 2.45) is 17.6 Å². The molecule has 0 spiro atoms. The third-order valence-corrected chi connectivity index (χ3v) is 4.92. The lowest BCUT2D eigenvalue weighted by molar-refractivity contribution is 0.0135. The summed E-state index contributed by atoms with van der Waals surface area (Å²) in [6, 6.07) is 0. The number of unbranched alkanes of at least 4 members (excludes halogenated alkanes) is 2. The molecular weight excluding hydrogens is 208 g/mol. The summed E-state index contributed by atoms with van der Waals surface area (Å²) in [5.41, 5.74) is 6.42. The van der Waals surface area contributed by atoms with Crippen molar-refractivity contribution in [2.75, 3.05) is 20.1 Å². The molecule has 102 valence electrons. The number of nitrogens with zero attached hydrogens (tertiary/aromatic N) is 1. The standard InChI is InChI=1S/C15H32N2/c1-5-6-7-10-17(4)15(12-16)11-13(2)8-9-14(15)3/h13-14H,5-12,16H2,1-4H3. The minimum absolute atomic E-state index is 0.269. The normalized spacial score (nSPS) is 34.2. The van der Waals surface area contributed by atoms with E-state index in [1.165, 1.54) is 45.1 Å². The monoisotopic (exact) mass is 240 g/mol. The van der Waals surface area contributed by atoms with Gasteiger partial charge in [0.05, 0.1) is 0 Å². The van der Waals surface area contributed by atoms with Gasteiger partial charge in [0.2, 0.25) is 0 Å². The molecule has 1 fully saturated rings. The van der Waals surface area contributed by atoms with E-state index in [2.05, 4.69) is 32.7 Å². The number of rotatable bonds is 6. The zero-order chi connectivity index (χ0) is 12.9. The molecule has 0 bridgehead atoms.